The van der Waals surface area contributed by atoms with Gasteiger partial charge in [0.05, 0.1) is 22.8 Å². The quantitative estimate of drug-likeness (QED) is 0.255. The van der Waals surface area contributed by atoms with Crippen LogP contribution in [0.4, 0.5) is 10.5 Å². The summed E-state index contributed by atoms with van der Waals surface area (Å²) in [6.07, 6.45) is 1.40. The van der Waals surface area contributed by atoms with Crippen molar-refractivity contribution in [2.24, 2.45) is 0 Å². The molecule has 1 aliphatic rings. The Bertz CT molecular complexity index is 1450. The molecule has 0 aliphatic carbocycles. The molecule has 0 spiro atoms. The average molecular weight is 563 g/mol. The largest absolute Gasteiger partial charge is 0.488 e. The molecule has 4 rings (SSSR count). The van der Waals surface area contributed by atoms with E-state index in [4.69, 9.17) is 4.74 Å². The zero-order valence-electron chi connectivity index (χ0n) is 20.3. The SMILES string of the molecule is COC(=O)c1ccc(N2C(=O)NC(=O)/C(=C\c3ccc(OCc4ccc(C)c(C)c4)c(Br)c3)C2=O)cc1. The van der Waals surface area contributed by atoms with Crippen molar-refractivity contribution >= 4 is 51.5 Å². The molecule has 1 fully saturated rings. The second-order valence-corrected chi connectivity index (χ2v) is 9.25. The summed E-state index contributed by atoms with van der Waals surface area (Å²) in [7, 11) is 1.25. The molecule has 9 heteroatoms. The number of hydrogen-bond acceptors (Lipinski definition) is 6. The van der Waals surface area contributed by atoms with E-state index in [0.717, 1.165) is 10.5 Å². The van der Waals surface area contributed by atoms with Gasteiger partial charge in [-0.15, -0.1) is 0 Å². The van der Waals surface area contributed by atoms with Crippen molar-refractivity contribution in [1.82, 2.24) is 5.32 Å². The van der Waals surface area contributed by atoms with Gasteiger partial charge in [-0.1, -0.05) is 24.3 Å². The summed E-state index contributed by atoms with van der Waals surface area (Å²) in [5.74, 6) is -1.54. The minimum absolute atomic E-state index is 0.199. The van der Waals surface area contributed by atoms with Gasteiger partial charge in [0.1, 0.15) is 17.9 Å². The number of halogens is 1. The van der Waals surface area contributed by atoms with E-state index in [2.05, 4.69) is 39.0 Å². The number of amides is 4. The second kappa shape index (κ2) is 10.8. The van der Waals surface area contributed by atoms with Crippen molar-refractivity contribution in [3.05, 3.63) is 98.5 Å². The first-order valence-electron chi connectivity index (χ1n) is 11.3. The van der Waals surface area contributed by atoms with Crippen LogP contribution in [0.1, 0.15) is 32.6 Å². The van der Waals surface area contributed by atoms with Gasteiger partial charge in [-0.2, -0.15) is 0 Å². The van der Waals surface area contributed by atoms with Crippen LogP contribution in [0.25, 0.3) is 6.08 Å². The number of anilines is 1. The maximum atomic E-state index is 13.1. The van der Waals surface area contributed by atoms with E-state index in [0.29, 0.717) is 22.4 Å². The lowest BCUT2D eigenvalue weighted by molar-refractivity contribution is -0.122. The van der Waals surface area contributed by atoms with Gasteiger partial charge < -0.3 is 9.47 Å². The van der Waals surface area contributed by atoms with E-state index >= 15 is 0 Å². The van der Waals surface area contributed by atoms with Gasteiger partial charge in [0.15, 0.2) is 0 Å². The molecule has 1 aliphatic heterocycles. The molecule has 3 aromatic carbocycles. The average Bonchev–Trinajstić information content (AvgIpc) is 2.88. The molecular formula is C28H23BrN2O6. The monoisotopic (exact) mass is 562 g/mol. The summed E-state index contributed by atoms with van der Waals surface area (Å²) in [4.78, 5) is 50.6. The number of nitrogens with one attached hydrogen (secondary N) is 1. The molecule has 1 saturated heterocycles. The summed E-state index contributed by atoms with van der Waals surface area (Å²) < 4.78 is 11.2. The van der Waals surface area contributed by atoms with Crippen LogP contribution >= 0.6 is 15.9 Å². The highest BCUT2D eigenvalue weighted by Crippen LogP contribution is 2.29. The van der Waals surface area contributed by atoms with Crippen molar-refractivity contribution in [2.75, 3.05) is 12.0 Å². The molecule has 0 aromatic heterocycles. The number of hydrogen-bond donors (Lipinski definition) is 1. The molecule has 0 unspecified atom stereocenters. The Labute approximate surface area is 222 Å². The number of carbonyl (C=O) groups excluding carboxylic acids is 4. The number of methoxy groups -OCH3 is 1. The van der Waals surface area contributed by atoms with Gasteiger partial charge in [-0.3, -0.25) is 14.9 Å². The van der Waals surface area contributed by atoms with Gasteiger partial charge >= 0.3 is 12.0 Å². The number of ether oxygens (including phenoxy) is 2. The fourth-order valence-corrected chi connectivity index (χ4v) is 4.21. The number of urea groups is 1. The van der Waals surface area contributed by atoms with Gasteiger partial charge in [0, 0.05) is 0 Å². The predicted molar refractivity (Wildman–Crippen MR) is 141 cm³/mol. The van der Waals surface area contributed by atoms with Gasteiger partial charge in [-0.25, -0.2) is 14.5 Å². The molecule has 1 N–H and O–H groups in total. The number of imide groups is 2. The summed E-state index contributed by atoms with van der Waals surface area (Å²) in [6, 6.07) is 16.1. The predicted octanol–water partition coefficient (Wildman–Crippen LogP) is 5.10. The van der Waals surface area contributed by atoms with Crippen molar-refractivity contribution in [3.63, 3.8) is 0 Å². The smallest absolute Gasteiger partial charge is 0.337 e. The Morgan fingerprint density at radius 1 is 0.973 bits per heavy atom. The van der Waals surface area contributed by atoms with Crippen molar-refractivity contribution in [2.45, 2.75) is 20.5 Å². The van der Waals surface area contributed by atoms with Crippen LogP contribution in [-0.2, 0) is 20.9 Å². The standard InChI is InChI=1S/C28H23BrN2O6/c1-16-4-5-19(12-17(16)2)15-37-24-11-6-18(14-23(24)29)13-22-25(32)30-28(35)31(26(22)33)21-9-7-20(8-10-21)27(34)36-3/h4-14H,15H2,1-3H3,(H,30,32,35)/b22-13+. The van der Waals surface area contributed by atoms with Gasteiger partial charge in [0.2, 0.25) is 0 Å². The number of esters is 1. The van der Waals surface area contributed by atoms with Crippen molar-refractivity contribution in [1.29, 1.82) is 0 Å². The molecule has 1 heterocycles. The van der Waals surface area contributed by atoms with Crippen LogP contribution in [0, 0.1) is 13.8 Å². The number of barbiturate groups is 1. The van der Waals surface area contributed by atoms with Crippen molar-refractivity contribution < 1.29 is 28.7 Å². The van der Waals surface area contributed by atoms with Crippen LogP contribution < -0.4 is 15.0 Å². The first-order chi connectivity index (χ1) is 17.7. The number of benzene rings is 3. The lowest BCUT2D eigenvalue weighted by Gasteiger charge is -2.26. The van der Waals surface area contributed by atoms with Crippen LogP contribution in [0.5, 0.6) is 5.75 Å². The van der Waals surface area contributed by atoms with E-state index in [9.17, 15) is 19.2 Å². The van der Waals surface area contributed by atoms with E-state index < -0.39 is 23.8 Å². The molecule has 0 atom stereocenters. The van der Waals surface area contributed by atoms with Crippen molar-refractivity contribution in [3.8, 4) is 5.75 Å². The maximum Gasteiger partial charge on any atom is 0.337 e. The molecule has 8 nitrogen and oxygen atoms in total. The molecule has 188 valence electrons. The highest BCUT2D eigenvalue weighted by atomic mass is 79.9. The Morgan fingerprint density at radius 3 is 2.35 bits per heavy atom. The topological polar surface area (TPSA) is 102 Å². The molecule has 3 aromatic rings. The number of aryl methyl sites for hydroxylation is 2. The highest BCUT2D eigenvalue weighted by molar-refractivity contribution is 9.10. The Morgan fingerprint density at radius 2 is 1.70 bits per heavy atom. The second-order valence-electron chi connectivity index (χ2n) is 8.39. The van der Waals surface area contributed by atoms with Crippen LogP contribution in [-0.4, -0.2) is 30.9 Å². The summed E-state index contributed by atoms with van der Waals surface area (Å²) in [5, 5.41) is 2.18. The fraction of sp³-hybridized carbons (Fsp3) is 0.143. The molecule has 0 bridgehead atoms. The van der Waals surface area contributed by atoms with Crippen LogP contribution in [0.3, 0.4) is 0 Å². The van der Waals surface area contributed by atoms with E-state index in [1.54, 1.807) is 18.2 Å². The number of rotatable bonds is 6. The lowest BCUT2D eigenvalue weighted by Crippen LogP contribution is -2.54. The Balaban J connectivity index is 1.54. The van der Waals surface area contributed by atoms with Crippen LogP contribution in [0.15, 0.2) is 70.7 Å². The number of nitrogens with zero attached hydrogens (tertiary/aromatic N) is 1. The summed E-state index contributed by atoms with van der Waals surface area (Å²) in [5.41, 5.74) is 4.23. The first kappa shape index (κ1) is 25.8. The molecule has 37 heavy (non-hydrogen) atoms. The summed E-state index contributed by atoms with van der Waals surface area (Å²) >= 11 is 3.48. The first-order valence-corrected chi connectivity index (χ1v) is 12.1. The third kappa shape index (κ3) is 5.62. The van der Waals surface area contributed by atoms with E-state index in [-0.39, 0.29) is 16.8 Å². The normalized spacial score (nSPS) is 14.5. The Hall–Kier alpha value is -4.24. The minimum Gasteiger partial charge on any atom is -0.488 e. The van der Waals surface area contributed by atoms with E-state index in [1.165, 1.54) is 48.6 Å². The molecule has 0 saturated carbocycles. The minimum atomic E-state index is -0.880. The van der Waals surface area contributed by atoms with Gasteiger partial charge in [-0.05, 0) is 94.5 Å². The van der Waals surface area contributed by atoms with Crippen LogP contribution in [0.2, 0.25) is 0 Å². The zero-order chi connectivity index (χ0) is 26.7. The van der Waals surface area contributed by atoms with Gasteiger partial charge in [0.25, 0.3) is 11.8 Å². The molecule has 4 amide bonds. The lowest BCUT2D eigenvalue weighted by atomic mass is 10.1. The highest BCUT2D eigenvalue weighted by Gasteiger charge is 2.36. The fourth-order valence-electron chi connectivity index (χ4n) is 3.70. The summed E-state index contributed by atoms with van der Waals surface area (Å²) in [6.45, 7) is 4.48. The molecule has 0 radical (unpaired) electrons. The zero-order valence-corrected chi connectivity index (χ0v) is 21.9. The third-order valence-electron chi connectivity index (χ3n) is 5.88. The Kier molecular flexibility index (Phi) is 7.54. The van der Waals surface area contributed by atoms with E-state index in [1.807, 2.05) is 19.1 Å². The number of carbonyl (C=O) groups is 4. The molecular weight excluding hydrogens is 540 g/mol. The third-order valence-corrected chi connectivity index (χ3v) is 6.50. The maximum absolute atomic E-state index is 13.1.